The highest BCUT2D eigenvalue weighted by molar-refractivity contribution is 5.71. The van der Waals surface area contributed by atoms with Gasteiger partial charge < -0.3 is 24.1 Å². The molecule has 1 amide bonds. The molecule has 0 aliphatic carbocycles. The Morgan fingerprint density at radius 3 is 2.71 bits per heavy atom. The fraction of sp³-hybridized carbons (Fsp3) is 0.562. The van der Waals surface area contributed by atoms with E-state index in [0.717, 1.165) is 5.56 Å². The number of methoxy groups -OCH3 is 1. The van der Waals surface area contributed by atoms with Gasteiger partial charge in [-0.25, -0.2) is 5.48 Å². The molecule has 2 saturated heterocycles. The molecule has 0 radical (unpaired) electrons. The average molecular weight is 339 g/mol. The molecule has 0 aromatic heterocycles. The van der Waals surface area contributed by atoms with Crippen molar-refractivity contribution in [2.75, 3.05) is 13.7 Å². The van der Waals surface area contributed by atoms with Gasteiger partial charge in [0.25, 0.3) is 0 Å². The average Bonchev–Trinajstić information content (AvgIpc) is 2.61. The maximum absolute atomic E-state index is 11.1. The van der Waals surface area contributed by atoms with Gasteiger partial charge in [0, 0.05) is 19.6 Å². The summed E-state index contributed by atoms with van der Waals surface area (Å²) in [7, 11) is 1.43. The number of aliphatic hydroxyl groups is 1. The first-order valence-electron chi connectivity index (χ1n) is 7.70. The number of benzene rings is 1. The normalized spacial score (nSPS) is 36.0. The lowest BCUT2D eigenvalue weighted by Gasteiger charge is -2.46. The fourth-order valence-electron chi connectivity index (χ4n) is 2.81. The summed E-state index contributed by atoms with van der Waals surface area (Å²) in [5.41, 5.74) is 3.05. The highest BCUT2D eigenvalue weighted by Crippen LogP contribution is 2.34. The molecule has 1 unspecified atom stereocenters. The second-order valence-corrected chi connectivity index (χ2v) is 5.69. The van der Waals surface area contributed by atoms with Gasteiger partial charge in [-0.2, -0.15) is 0 Å². The van der Waals surface area contributed by atoms with Crippen LogP contribution < -0.4 is 5.48 Å². The van der Waals surface area contributed by atoms with Crippen molar-refractivity contribution in [2.45, 2.75) is 43.9 Å². The van der Waals surface area contributed by atoms with Crippen LogP contribution in [-0.2, 0) is 28.6 Å². The van der Waals surface area contributed by atoms with E-state index in [0.29, 0.717) is 0 Å². The number of nitrogens with one attached hydrogen (secondary N) is 1. The summed E-state index contributed by atoms with van der Waals surface area (Å²) in [6.45, 7) is 1.55. The van der Waals surface area contributed by atoms with Crippen LogP contribution in [0.3, 0.4) is 0 Å². The number of fused-ring (bicyclic) bond motifs is 1. The highest BCUT2D eigenvalue weighted by Gasteiger charge is 2.50. The van der Waals surface area contributed by atoms with Crippen LogP contribution in [-0.4, -0.2) is 55.4 Å². The Kier molecular flexibility index (Phi) is 5.44. The summed E-state index contributed by atoms with van der Waals surface area (Å²) >= 11 is 0. The minimum Gasteiger partial charge on any atom is -0.387 e. The topological polar surface area (TPSA) is 95.5 Å². The Labute approximate surface area is 139 Å². The molecule has 0 spiro atoms. The Balaban J connectivity index is 1.72. The first kappa shape index (κ1) is 17.3. The molecule has 8 heteroatoms. The van der Waals surface area contributed by atoms with Crippen LogP contribution in [0.15, 0.2) is 30.3 Å². The first-order valence-corrected chi connectivity index (χ1v) is 7.70. The maximum atomic E-state index is 11.1. The Morgan fingerprint density at radius 2 is 2.04 bits per heavy atom. The van der Waals surface area contributed by atoms with Crippen molar-refractivity contribution in [3.05, 3.63) is 35.9 Å². The number of amides is 1. The van der Waals surface area contributed by atoms with Gasteiger partial charge >= 0.3 is 0 Å². The minimum absolute atomic E-state index is 0.244. The van der Waals surface area contributed by atoms with Crippen LogP contribution in [0.1, 0.15) is 18.8 Å². The number of ether oxygens (including phenoxy) is 4. The number of carbonyl (C=O) groups is 1. The monoisotopic (exact) mass is 339 g/mol. The Morgan fingerprint density at radius 1 is 1.29 bits per heavy atom. The molecule has 132 valence electrons. The van der Waals surface area contributed by atoms with Gasteiger partial charge in [-0.3, -0.25) is 9.63 Å². The highest BCUT2D eigenvalue weighted by atomic mass is 16.8. The van der Waals surface area contributed by atoms with Gasteiger partial charge in [0.05, 0.1) is 6.61 Å². The van der Waals surface area contributed by atoms with Gasteiger partial charge in [-0.15, -0.1) is 0 Å². The Bertz CT molecular complexity index is 555. The number of hydrogen-bond donors (Lipinski definition) is 2. The first-order chi connectivity index (χ1) is 11.6. The predicted octanol–water partition coefficient (Wildman–Crippen LogP) is 0.269. The van der Waals surface area contributed by atoms with Crippen LogP contribution in [0.5, 0.6) is 0 Å². The van der Waals surface area contributed by atoms with E-state index in [1.807, 2.05) is 30.3 Å². The summed E-state index contributed by atoms with van der Waals surface area (Å²) in [5, 5.41) is 10.6. The third-order valence-corrected chi connectivity index (χ3v) is 3.95. The standard InChI is InChI=1S/C16H21NO7/c1-9(18)17-24-14-12(19)13-11(22-16(14)20-2)8-21-15(23-13)10-6-4-3-5-7-10/h3-7,11-16,19H,8H2,1-2H3,(H,17,18)/t11-,12+,13+,14-,15?,16+/m1/s1. The number of hydroxylamine groups is 1. The Hall–Kier alpha value is -1.55. The molecule has 2 fully saturated rings. The molecule has 2 aliphatic rings. The molecule has 8 nitrogen and oxygen atoms in total. The summed E-state index contributed by atoms with van der Waals surface area (Å²) in [4.78, 5) is 16.3. The summed E-state index contributed by atoms with van der Waals surface area (Å²) in [6.07, 6.45) is -4.61. The molecular weight excluding hydrogens is 318 g/mol. The molecule has 1 aromatic rings. The molecule has 0 bridgehead atoms. The largest absolute Gasteiger partial charge is 0.387 e. The summed E-state index contributed by atoms with van der Waals surface area (Å²) in [6, 6.07) is 9.42. The van der Waals surface area contributed by atoms with E-state index in [-0.39, 0.29) is 6.61 Å². The lowest BCUT2D eigenvalue weighted by Crippen LogP contribution is -2.63. The van der Waals surface area contributed by atoms with Crippen molar-refractivity contribution in [1.29, 1.82) is 0 Å². The third-order valence-electron chi connectivity index (χ3n) is 3.95. The minimum atomic E-state index is -1.06. The van der Waals surface area contributed by atoms with Crippen molar-refractivity contribution in [3.63, 3.8) is 0 Å². The zero-order valence-electron chi connectivity index (χ0n) is 13.5. The molecule has 2 aliphatic heterocycles. The van der Waals surface area contributed by atoms with Gasteiger partial charge in [-0.1, -0.05) is 30.3 Å². The van der Waals surface area contributed by atoms with Gasteiger partial charge in [-0.05, 0) is 0 Å². The maximum Gasteiger partial charge on any atom is 0.240 e. The van der Waals surface area contributed by atoms with Gasteiger partial charge in [0.15, 0.2) is 18.7 Å². The van der Waals surface area contributed by atoms with Crippen molar-refractivity contribution >= 4 is 5.91 Å². The molecule has 1 aromatic carbocycles. The number of rotatable bonds is 4. The van der Waals surface area contributed by atoms with E-state index in [1.54, 1.807) is 0 Å². The molecule has 2 N–H and O–H groups in total. The number of hydrogen-bond acceptors (Lipinski definition) is 7. The molecule has 0 saturated carbocycles. The SMILES string of the molecule is CO[C@H]1O[C@@H]2COC(c3ccccc3)O[C@@H]2[C@H](O)[C@H]1ONC(C)=O. The van der Waals surface area contributed by atoms with E-state index in [4.69, 9.17) is 23.8 Å². The fourth-order valence-corrected chi connectivity index (χ4v) is 2.81. The molecule has 24 heavy (non-hydrogen) atoms. The lowest BCUT2D eigenvalue weighted by atomic mass is 9.98. The second kappa shape index (κ2) is 7.56. The van der Waals surface area contributed by atoms with E-state index in [2.05, 4.69) is 5.48 Å². The van der Waals surface area contributed by atoms with E-state index in [9.17, 15) is 9.90 Å². The van der Waals surface area contributed by atoms with Crippen molar-refractivity contribution in [1.82, 2.24) is 5.48 Å². The van der Waals surface area contributed by atoms with E-state index >= 15 is 0 Å². The molecule has 3 rings (SSSR count). The van der Waals surface area contributed by atoms with Crippen LogP contribution in [0.2, 0.25) is 0 Å². The third kappa shape index (κ3) is 3.59. The smallest absolute Gasteiger partial charge is 0.240 e. The van der Waals surface area contributed by atoms with E-state index < -0.39 is 42.9 Å². The van der Waals surface area contributed by atoms with Crippen LogP contribution in [0, 0.1) is 0 Å². The van der Waals surface area contributed by atoms with E-state index in [1.165, 1.54) is 14.0 Å². The number of aliphatic hydroxyl groups excluding tert-OH is 1. The van der Waals surface area contributed by atoms with Crippen LogP contribution >= 0.6 is 0 Å². The van der Waals surface area contributed by atoms with Crippen molar-refractivity contribution < 1.29 is 33.7 Å². The lowest BCUT2D eigenvalue weighted by molar-refractivity contribution is -0.366. The zero-order chi connectivity index (χ0) is 17.1. The molecular formula is C16H21NO7. The summed E-state index contributed by atoms with van der Waals surface area (Å²) < 4.78 is 22.5. The van der Waals surface area contributed by atoms with Crippen LogP contribution in [0.4, 0.5) is 0 Å². The zero-order valence-corrected chi connectivity index (χ0v) is 13.5. The quantitative estimate of drug-likeness (QED) is 0.760. The van der Waals surface area contributed by atoms with Crippen LogP contribution in [0.25, 0.3) is 0 Å². The second-order valence-electron chi connectivity index (χ2n) is 5.69. The van der Waals surface area contributed by atoms with Crippen molar-refractivity contribution in [3.8, 4) is 0 Å². The molecule has 6 atom stereocenters. The summed E-state index contributed by atoms with van der Waals surface area (Å²) in [5.74, 6) is -0.394. The van der Waals surface area contributed by atoms with Crippen molar-refractivity contribution in [2.24, 2.45) is 0 Å². The predicted molar refractivity (Wildman–Crippen MR) is 80.4 cm³/mol. The number of carbonyl (C=O) groups excluding carboxylic acids is 1. The molecule has 2 heterocycles. The van der Waals surface area contributed by atoms with Gasteiger partial charge in [0.1, 0.15) is 18.3 Å². The van der Waals surface area contributed by atoms with Gasteiger partial charge in [0.2, 0.25) is 5.91 Å².